The van der Waals surface area contributed by atoms with Gasteiger partial charge in [0.15, 0.2) is 17.6 Å². The lowest BCUT2D eigenvalue weighted by Crippen LogP contribution is -2.64. The highest BCUT2D eigenvalue weighted by atomic mass is 16.5. The van der Waals surface area contributed by atoms with E-state index < -0.39 is 11.6 Å². The van der Waals surface area contributed by atoms with Crippen LogP contribution in [0.25, 0.3) is 0 Å². The lowest BCUT2D eigenvalue weighted by Gasteiger charge is -2.42. The second-order valence-corrected chi connectivity index (χ2v) is 10.4. The Morgan fingerprint density at radius 3 is 2.31 bits per heavy atom. The molecule has 1 saturated heterocycles. The van der Waals surface area contributed by atoms with Crippen LogP contribution in [-0.2, 0) is 14.3 Å². The average Bonchev–Trinajstić information content (AvgIpc) is 3.29. The summed E-state index contributed by atoms with van der Waals surface area (Å²) >= 11 is 0. The predicted molar refractivity (Wildman–Crippen MR) is 147 cm³/mol. The zero-order valence-electron chi connectivity index (χ0n) is 22.6. The molecule has 0 amide bonds. The highest BCUT2D eigenvalue weighted by Gasteiger charge is 2.53. The summed E-state index contributed by atoms with van der Waals surface area (Å²) in [5.74, 6) is -0.150. The number of hydrogen-bond acceptors (Lipinski definition) is 7. The van der Waals surface area contributed by atoms with Crippen molar-refractivity contribution in [2.75, 3.05) is 19.8 Å². The van der Waals surface area contributed by atoms with E-state index in [0.29, 0.717) is 25.7 Å². The second kappa shape index (κ2) is 17.4. The van der Waals surface area contributed by atoms with E-state index in [2.05, 4.69) is 22.2 Å². The van der Waals surface area contributed by atoms with Gasteiger partial charge in [0, 0.05) is 13.2 Å². The van der Waals surface area contributed by atoms with Gasteiger partial charge in [-0.2, -0.15) is 0 Å². The minimum atomic E-state index is -0.780. The van der Waals surface area contributed by atoms with Gasteiger partial charge in [-0.3, -0.25) is 9.79 Å². The van der Waals surface area contributed by atoms with Crippen molar-refractivity contribution < 1.29 is 14.3 Å². The maximum atomic E-state index is 13.3. The van der Waals surface area contributed by atoms with Crippen molar-refractivity contribution in [1.29, 1.82) is 0 Å². The molecule has 0 radical (unpaired) electrons. The Hall–Kier alpha value is -2.03. The number of carbonyl (C=O) groups is 1. The molecule has 2 aliphatic heterocycles. The minimum Gasteiger partial charge on any atom is -0.465 e. The van der Waals surface area contributed by atoms with Gasteiger partial charge in [0.25, 0.3) is 0 Å². The van der Waals surface area contributed by atoms with E-state index in [1.54, 1.807) is 0 Å². The van der Waals surface area contributed by atoms with Gasteiger partial charge >= 0.3 is 5.97 Å². The lowest BCUT2D eigenvalue weighted by molar-refractivity contribution is -0.165. The first-order chi connectivity index (χ1) is 17.5. The molecule has 0 saturated carbocycles. The molecule has 1 fully saturated rings. The molecule has 2 aliphatic rings. The third-order valence-corrected chi connectivity index (χ3v) is 7.28. The number of hydrogen-bond donors (Lipinski definition) is 4. The monoisotopic (exact) mass is 508 g/mol. The fraction of sp³-hybridized carbons (Fsp3) is 0.889. The minimum absolute atomic E-state index is 0.144. The molecule has 2 heterocycles. The Morgan fingerprint density at radius 2 is 1.67 bits per heavy atom. The van der Waals surface area contributed by atoms with Crippen LogP contribution in [0.1, 0.15) is 116 Å². The van der Waals surface area contributed by atoms with E-state index in [-0.39, 0.29) is 18.0 Å². The van der Waals surface area contributed by atoms with Crippen LogP contribution in [-0.4, -0.2) is 49.4 Å². The average molecular weight is 509 g/mol. The molecule has 0 aliphatic carbocycles. The molecular formula is C27H52N6O3. The zero-order valence-corrected chi connectivity index (χ0v) is 22.6. The molecule has 1 spiro atoms. The van der Waals surface area contributed by atoms with E-state index in [1.165, 1.54) is 44.9 Å². The third kappa shape index (κ3) is 10.9. The topological polar surface area (TPSA) is 150 Å². The molecule has 3 atom stereocenters. The smallest absolute Gasteiger partial charge is 0.316 e. The van der Waals surface area contributed by atoms with E-state index in [9.17, 15) is 4.79 Å². The molecule has 3 unspecified atom stereocenters. The van der Waals surface area contributed by atoms with Crippen LogP contribution in [0.15, 0.2) is 9.98 Å². The van der Waals surface area contributed by atoms with Crippen LogP contribution in [0.5, 0.6) is 0 Å². The molecular weight excluding hydrogens is 456 g/mol. The summed E-state index contributed by atoms with van der Waals surface area (Å²) in [5.41, 5.74) is 16.0. The predicted octanol–water partition coefficient (Wildman–Crippen LogP) is 4.08. The summed E-state index contributed by atoms with van der Waals surface area (Å²) in [6.45, 7) is 3.96. The van der Waals surface area contributed by atoms with E-state index in [0.717, 1.165) is 64.2 Å². The van der Waals surface area contributed by atoms with E-state index >= 15 is 0 Å². The number of unbranched alkanes of at least 4 members (excludes halogenated alkanes) is 12. The van der Waals surface area contributed by atoms with Crippen molar-refractivity contribution in [2.24, 2.45) is 33.1 Å². The van der Waals surface area contributed by atoms with Crippen LogP contribution >= 0.6 is 0 Å². The van der Waals surface area contributed by atoms with Gasteiger partial charge in [-0.15, -0.1) is 0 Å². The standard InChI is InChI=1S/C27H52N6O3/c1-2-3-4-5-6-7-8-10-13-17-22-23(27(18-16-21-36-27)33-26(30)32-22)24(34)35-20-15-12-9-11-14-19-31-25(28)29/h22-23H,2-21H2,1H3,(H4,28,29,31)(H3,30,32,33). The first-order valence-corrected chi connectivity index (χ1v) is 14.5. The molecule has 0 aromatic heterocycles. The third-order valence-electron chi connectivity index (χ3n) is 7.28. The number of nitrogens with one attached hydrogen (secondary N) is 1. The normalized spacial score (nSPS) is 23.3. The van der Waals surface area contributed by atoms with Crippen molar-refractivity contribution in [3.8, 4) is 0 Å². The number of carbonyl (C=O) groups excluding carboxylic acids is 1. The fourth-order valence-corrected chi connectivity index (χ4v) is 5.35. The summed E-state index contributed by atoms with van der Waals surface area (Å²) < 4.78 is 11.9. The van der Waals surface area contributed by atoms with Gasteiger partial charge in [0.1, 0.15) is 5.92 Å². The quantitative estimate of drug-likeness (QED) is 0.0888. The Kier molecular flexibility index (Phi) is 14.6. The van der Waals surface area contributed by atoms with Gasteiger partial charge in [0.2, 0.25) is 0 Å². The number of guanidine groups is 2. The summed E-state index contributed by atoms with van der Waals surface area (Å²) in [6, 6.07) is -0.197. The molecule has 208 valence electrons. The van der Waals surface area contributed by atoms with Gasteiger partial charge < -0.3 is 32.0 Å². The first-order valence-electron chi connectivity index (χ1n) is 14.5. The maximum absolute atomic E-state index is 13.3. The molecule has 7 N–H and O–H groups in total. The highest BCUT2D eigenvalue weighted by molar-refractivity contribution is 5.84. The molecule has 2 rings (SSSR count). The lowest BCUT2D eigenvalue weighted by atomic mass is 9.82. The SMILES string of the molecule is CCCCCCCCCCCC1N=C(N)NC2(CCCO2)C1C(=O)OCCCCCCCN=C(N)N. The van der Waals surface area contributed by atoms with Crippen LogP contribution in [0.2, 0.25) is 0 Å². The van der Waals surface area contributed by atoms with Gasteiger partial charge in [-0.1, -0.05) is 84.0 Å². The molecule has 9 heteroatoms. The summed E-state index contributed by atoms with van der Waals surface area (Å²) in [6.07, 6.45) is 18.8. The number of aliphatic imine (C=N–C) groups is 2. The van der Waals surface area contributed by atoms with Crippen molar-refractivity contribution in [3.63, 3.8) is 0 Å². The fourth-order valence-electron chi connectivity index (χ4n) is 5.35. The largest absolute Gasteiger partial charge is 0.465 e. The number of ether oxygens (including phenoxy) is 2. The number of nitrogens with two attached hydrogens (primary N) is 3. The molecule has 9 nitrogen and oxygen atoms in total. The second-order valence-electron chi connectivity index (χ2n) is 10.4. The van der Waals surface area contributed by atoms with Crippen LogP contribution < -0.4 is 22.5 Å². The van der Waals surface area contributed by atoms with Gasteiger partial charge in [-0.05, 0) is 32.1 Å². The maximum Gasteiger partial charge on any atom is 0.316 e. The van der Waals surface area contributed by atoms with Crippen LogP contribution in [0.4, 0.5) is 0 Å². The van der Waals surface area contributed by atoms with Crippen molar-refractivity contribution >= 4 is 17.9 Å². The van der Waals surface area contributed by atoms with Crippen molar-refractivity contribution in [1.82, 2.24) is 5.32 Å². The Labute approximate surface area is 218 Å². The van der Waals surface area contributed by atoms with E-state index in [1.807, 2.05) is 0 Å². The van der Waals surface area contributed by atoms with Crippen LogP contribution in [0, 0.1) is 5.92 Å². The first kappa shape index (κ1) is 30.2. The van der Waals surface area contributed by atoms with Gasteiger partial charge in [0.05, 0.1) is 12.6 Å². The number of rotatable bonds is 19. The zero-order chi connectivity index (χ0) is 26.1. The molecule has 36 heavy (non-hydrogen) atoms. The summed E-state index contributed by atoms with van der Waals surface area (Å²) in [7, 11) is 0. The van der Waals surface area contributed by atoms with Gasteiger partial charge in [-0.25, -0.2) is 4.99 Å². The molecule has 0 bridgehead atoms. The number of nitrogens with zero attached hydrogens (tertiary/aromatic N) is 2. The Balaban J connectivity index is 1.76. The Morgan fingerprint density at radius 1 is 1.03 bits per heavy atom. The molecule has 0 aromatic carbocycles. The van der Waals surface area contributed by atoms with E-state index in [4.69, 9.17) is 26.7 Å². The molecule has 0 aromatic rings. The number of esters is 1. The van der Waals surface area contributed by atoms with Crippen molar-refractivity contribution in [2.45, 2.75) is 128 Å². The highest BCUT2D eigenvalue weighted by Crippen LogP contribution is 2.38. The summed E-state index contributed by atoms with van der Waals surface area (Å²) in [4.78, 5) is 21.9. The van der Waals surface area contributed by atoms with Crippen molar-refractivity contribution in [3.05, 3.63) is 0 Å². The Bertz CT molecular complexity index is 674. The summed E-state index contributed by atoms with van der Waals surface area (Å²) in [5, 5.41) is 3.20. The van der Waals surface area contributed by atoms with Crippen LogP contribution in [0.3, 0.4) is 0 Å².